The summed E-state index contributed by atoms with van der Waals surface area (Å²) in [4.78, 5) is 0. The highest BCUT2D eigenvalue weighted by Crippen LogP contribution is 2.30. The number of halogens is 2. The van der Waals surface area contributed by atoms with Crippen LogP contribution in [0.25, 0.3) is 0 Å². The van der Waals surface area contributed by atoms with Gasteiger partial charge in [0.1, 0.15) is 11.6 Å². The lowest BCUT2D eigenvalue weighted by Gasteiger charge is -2.28. The van der Waals surface area contributed by atoms with Crippen LogP contribution in [0.1, 0.15) is 24.4 Å². The Morgan fingerprint density at radius 3 is 2.59 bits per heavy atom. The molecule has 2 rings (SSSR count). The number of hydrogen-bond donors (Lipinski definition) is 2. The highest BCUT2D eigenvalue weighted by molar-refractivity contribution is 5.85. The summed E-state index contributed by atoms with van der Waals surface area (Å²) in [5.41, 5.74) is 6.52. The molecule has 0 amide bonds. The van der Waals surface area contributed by atoms with Gasteiger partial charge in [0.2, 0.25) is 0 Å². The number of rotatable bonds is 2. The van der Waals surface area contributed by atoms with E-state index in [1.54, 1.807) is 6.07 Å². The second-order valence-corrected chi connectivity index (χ2v) is 4.18. The molecule has 1 atom stereocenters. The van der Waals surface area contributed by atoms with Crippen molar-refractivity contribution in [3.63, 3.8) is 0 Å². The fraction of sp³-hybridized carbons (Fsp3) is 0.500. The molecule has 0 bridgehead atoms. The first-order valence-electron chi connectivity index (χ1n) is 5.50. The fourth-order valence-corrected chi connectivity index (χ4v) is 2.12. The molecule has 96 valence electrons. The molecular formula is C12H17ClFNO2. The zero-order chi connectivity index (χ0) is 11.5. The maximum atomic E-state index is 13.6. The van der Waals surface area contributed by atoms with Crippen LogP contribution in [0.2, 0.25) is 0 Å². The molecule has 1 aliphatic heterocycles. The number of hydrogen-bond acceptors (Lipinski definition) is 3. The van der Waals surface area contributed by atoms with E-state index in [-0.39, 0.29) is 30.1 Å². The largest absolute Gasteiger partial charge is 0.508 e. The van der Waals surface area contributed by atoms with E-state index in [4.69, 9.17) is 15.6 Å². The Balaban J connectivity index is 0.00000144. The first kappa shape index (κ1) is 14.2. The molecule has 0 saturated carbocycles. The van der Waals surface area contributed by atoms with Gasteiger partial charge >= 0.3 is 0 Å². The molecule has 3 N–H and O–H groups in total. The summed E-state index contributed by atoms with van der Waals surface area (Å²) >= 11 is 0. The van der Waals surface area contributed by atoms with E-state index in [0.717, 1.165) is 18.9 Å². The van der Waals surface area contributed by atoms with E-state index in [1.807, 2.05) is 0 Å². The van der Waals surface area contributed by atoms with Gasteiger partial charge in [-0.15, -0.1) is 12.4 Å². The van der Waals surface area contributed by atoms with E-state index >= 15 is 0 Å². The van der Waals surface area contributed by atoms with Crippen LogP contribution in [-0.2, 0) is 4.74 Å². The Kier molecular flexibility index (Phi) is 5.18. The maximum Gasteiger partial charge on any atom is 0.131 e. The first-order chi connectivity index (χ1) is 7.68. The molecule has 3 nitrogen and oxygen atoms in total. The van der Waals surface area contributed by atoms with Crippen LogP contribution < -0.4 is 5.73 Å². The number of aromatic hydroxyl groups is 1. The maximum absolute atomic E-state index is 13.6. The minimum absolute atomic E-state index is 0. The Morgan fingerprint density at radius 1 is 1.35 bits per heavy atom. The van der Waals surface area contributed by atoms with E-state index < -0.39 is 5.82 Å². The predicted octanol–water partition coefficient (Wildman–Crippen LogP) is 2.38. The third-order valence-corrected chi connectivity index (χ3v) is 3.12. The molecule has 1 fully saturated rings. The topological polar surface area (TPSA) is 55.5 Å². The van der Waals surface area contributed by atoms with Crippen LogP contribution in [0.3, 0.4) is 0 Å². The fourth-order valence-electron chi connectivity index (χ4n) is 2.12. The van der Waals surface area contributed by atoms with Crippen LogP contribution in [0.4, 0.5) is 4.39 Å². The number of phenols is 1. The Bertz CT molecular complexity index is 370. The van der Waals surface area contributed by atoms with E-state index in [0.29, 0.717) is 18.8 Å². The molecule has 0 spiro atoms. The predicted molar refractivity (Wildman–Crippen MR) is 65.8 cm³/mol. The van der Waals surface area contributed by atoms with Gasteiger partial charge in [-0.05, 0) is 24.8 Å². The molecule has 1 aromatic carbocycles. The van der Waals surface area contributed by atoms with Crippen molar-refractivity contribution in [3.05, 3.63) is 29.6 Å². The molecule has 5 heteroatoms. The van der Waals surface area contributed by atoms with Gasteiger partial charge in [0.05, 0.1) is 0 Å². The number of ether oxygens (including phenoxy) is 1. The van der Waals surface area contributed by atoms with Crippen molar-refractivity contribution in [2.45, 2.75) is 18.9 Å². The van der Waals surface area contributed by atoms with Gasteiger partial charge in [-0.25, -0.2) is 4.39 Å². The summed E-state index contributed by atoms with van der Waals surface area (Å²) in [6.07, 6.45) is 1.73. The second-order valence-electron chi connectivity index (χ2n) is 4.18. The van der Waals surface area contributed by atoms with Gasteiger partial charge in [-0.3, -0.25) is 0 Å². The van der Waals surface area contributed by atoms with Crippen molar-refractivity contribution in [1.29, 1.82) is 0 Å². The Morgan fingerprint density at radius 2 is 2.00 bits per heavy atom. The van der Waals surface area contributed by atoms with Crippen molar-refractivity contribution in [3.8, 4) is 5.75 Å². The van der Waals surface area contributed by atoms with Gasteiger partial charge < -0.3 is 15.6 Å². The Hall–Kier alpha value is -0.840. The van der Waals surface area contributed by atoms with Gasteiger partial charge in [0.25, 0.3) is 0 Å². The number of phenolic OH excluding ortho intramolecular Hbond substituents is 1. The monoisotopic (exact) mass is 261 g/mol. The third kappa shape index (κ3) is 3.31. The summed E-state index contributed by atoms with van der Waals surface area (Å²) in [6, 6.07) is 3.82. The lowest BCUT2D eigenvalue weighted by atomic mass is 9.87. The molecule has 1 heterocycles. The normalized spacial score (nSPS) is 18.5. The standard InChI is InChI=1S/C12H16FNO2.ClH/c13-11-7-9(15)1-2-10(11)12(14)8-3-5-16-6-4-8;/h1-2,7-8,12,15H,3-6,14H2;1H/t12-;/m1./s1. The van der Waals surface area contributed by atoms with Gasteiger partial charge in [-0.2, -0.15) is 0 Å². The van der Waals surface area contributed by atoms with Gasteiger partial charge in [-0.1, -0.05) is 6.07 Å². The van der Waals surface area contributed by atoms with Crippen molar-refractivity contribution >= 4 is 12.4 Å². The van der Waals surface area contributed by atoms with Crippen LogP contribution in [0.15, 0.2) is 18.2 Å². The SMILES string of the molecule is Cl.N[C@@H](c1ccc(O)cc1F)C1CCOCC1. The summed E-state index contributed by atoms with van der Waals surface area (Å²) in [6.45, 7) is 1.39. The van der Waals surface area contributed by atoms with Crippen molar-refractivity contribution in [2.24, 2.45) is 11.7 Å². The van der Waals surface area contributed by atoms with Crippen molar-refractivity contribution in [2.75, 3.05) is 13.2 Å². The van der Waals surface area contributed by atoms with Crippen LogP contribution >= 0.6 is 12.4 Å². The van der Waals surface area contributed by atoms with Gasteiger partial charge in [0, 0.05) is 30.9 Å². The van der Waals surface area contributed by atoms with E-state index in [1.165, 1.54) is 6.07 Å². The highest BCUT2D eigenvalue weighted by atomic mass is 35.5. The van der Waals surface area contributed by atoms with Gasteiger partial charge in [0.15, 0.2) is 0 Å². The Labute approximate surface area is 106 Å². The molecule has 0 radical (unpaired) electrons. The molecule has 0 aliphatic carbocycles. The van der Waals surface area contributed by atoms with Crippen molar-refractivity contribution < 1.29 is 14.2 Å². The van der Waals surface area contributed by atoms with Crippen LogP contribution in [0, 0.1) is 11.7 Å². The minimum atomic E-state index is -0.431. The third-order valence-electron chi connectivity index (χ3n) is 3.12. The summed E-state index contributed by atoms with van der Waals surface area (Å²) in [5.74, 6) is -0.243. The smallest absolute Gasteiger partial charge is 0.131 e. The molecule has 1 saturated heterocycles. The number of nitrogens with two attached hydrogens (primary N) is 1. The molecule has 17 heavy (non-hydrogen) atoms. The van der Waals surface area contributed by atoms with E-state index in [9.17, 15) is 4.39 Å². The molecular weight excluding hydrogens is 245 g/mol. The summed E-state index contributed by atoms with van der Waals surface area (Å²) in [7, 11) is 0. The summed E-state index contributed by atoms with van der Waals surface area (Å²) < 4.78 is 18.8. The van der Waals surface area contributed by atoms with E-state index in [2.05, 4.69) is 0 Å². The lowest BCUT2D eigenvalue weighted by molar-refractivity contribution is 0.0580. The molecule has 1 aliphatic rings. The number of benzene rings is 1. The van der Waals surface area contributed by atoms with Crippen molar-refractivity contribution in [1.82, 2.24) is 0 Å². The highest BCUT2D eigenvalue weighted by Gasteiger charge is 2.24. The minimum Gasteiger partial charge on any atom is -0.508 e. The molecule has 0 aromatic heterocycles. The molecule has 0 unspecified atom stereocenters. The zero-order valence-corrected chi connectivity index (χ0v) is 10.3. The average Bonchev–Trinajstić information content (AvgIpc) is 2.29. The van der Waals surface area contributed by atoms with Crippen LogP contribution in [-0.4, -0.2) is 18.3 Å². The first-order valence-corrected chi connectivity index (χ1v) is 5.50. The second kappa shape index (κ2) is 6.19. The quantitative estimate of drug-likeness (QED) is 0.859. The van der Waals surface area contributed by atoms with Crippen LogP contribution in [0.5, 0.6) is 5.75 Å². The lowest BCUT2D eigenvalue weighted by Crippen LogP contribution is -2.28. The summed E-state index contributed by atoms with van der Waals surface area (Å²) in [5, 5.41) is 9.13. The average molecular weight is 262 g/mol. The molecule has 1 aromatic rings. The zero-order valence-electron chi connectivity index (χ0n) is 9.43.